The third kappa shape index (κ3) is 21.5. The molecule has 15 nitrogen and oxygen atoms in total. The lowest BCUT2D eigenvalue weighted by Crippen LogP contribution is -2.31. The van der Waals surface area contributed by atoms with Gasteiger partial charge in [-0.25, -0.2) is 0 Å². The van der Waals surface area contributed by atoms with Crippen LogP contribution in [0.15, 0.2) is 78.5 Å². The molecule has 5 amide bonds. The maximum Gasteiger partial charge on any atom is 0.308 e. The minimum Gasteiger partial charge on any atom is -0.426 e. The monoisotopic (exact) mass is 750 g/mol. The number of amides is 5. The third-order valence-electron chi connectivity index (χ3n) is 7.47. The Morgan fingerprint density at radius 1 is 1.00 bits per heavy atom. The lowest BCUT2D eigenvalue weighted by Gasteiger charge is -2.25. The number of nitrogens with zero attached hydrogens (tertiary/aromatic N) is 7. The second kappa shape index (κ2) is 33.0. The molecule has 3 unspecified atom stereocenters. The number of likely N-dealkylation sites (tertiary alicyclic amines) is 1. The van der Waals surface area contributed by atoms with Gasteiger partial charge in [0.05, 0.1) is 11.8 Å². The Hall–Kier alpha value is -5.87. The molecule has 2 heterocycles. The van der Waals surface area contributed by atoms with E-state index >= 15 is 0 Å². The Morgan fingerprint density at radius 3 is 1.93 bits per heavy atom. The number of aryl methyl sites for hydroxylation is 1. The highest BCUT2D eigenvalue weighted by atomic mass is 16.5. The van der Waals surface area contributed by atoms with E-state index in [1.54, 1.807) is 26.1 Å². The van der Waals surface area contributed by atoms with Crippen LogP contribution in [0.3, 0.4) is 0 Å². The highest BCUT2D eigenvalue weighted by Gasteiger charge is 2.49. The Morgan fingerprint density at radius 2 is 1.54 bits per heavy atom. The van der Waals surface area contributed by atoms with Gasteiger partial charge < -0.3 is 10.1 Å². The van der Waals surface area contributed by atoms with Gasteiger partial charge in [-0.15, -0.1) is 0 Å². The maximum absolute atomic E-state index is 12.1. The first kappa shape index (κ1) is 52.5. The summed E-state index contributed by atoms with van der Waals surface area (Å²) >= 11 is 0. The van der Waals surface area contributed by atoms with E-state index in [0.717, 1.165) is 24.8 Å². The normalized spacial score (nSPS) is 17.0. The van der Waals surface area contributed by atoms with Gasteiger partial charge in [-0.2, -0.15) is 0 Å². The smallest absolute Gasteiger partial charge is 0.308 e. The summed E-state index contributed by atoms with van der Waals surface area (Å²) in [6.45, 7) is 17.2. The molecule has 0 bridgehead atoms. The van der Waals surface area contributed by atoms with Crippen LogP contribution in [0.25, 0.3) is 10.4 Å². The van der Waals surface area contributed by atoms with Crippen molar-refractivity contribution in [3.63, 3.8) is 0 Å². The number of fused-ring (bicyclic) bond motifs is 1. The highest BCUT2D eigenvalue weighted by Crippen LogP contribution is 2.40. The lowest BCUT2D eigenvalue weighted by molar-refractivity contribution is -0.140. The molecular weight excluding hydrogens is 692 g/mol. The van der Waals surface area contributed by atoms with Crippen molar-refractivity contribution >= 4 is 35.5 Å². The van der Waals surface area contributed by atoms with Crippen molar-refractivity contribution in [1.29, 1.82) is 10.8 Å². The fraction of sp³-hybridized carbons (Fsp3) is 0.487. The van der Waals surface area contributed by atoms with Crippen molar-refractivity contribution < 1.29 is 33.5 Å². The van der Waals surface area contributed by atoms with E-state index in [0.29, 0.717) is 18.8 Å². The predicted octanol–water partition coefficient (Wildman–Crippen LogP) is 7.07. The van der Waals surface area contributed by atoms with E-state index in [1.807, 2.05) is 38.1 Å². The van der Waals surface area contributed by atoms with E-state index in [2.05, 4.69) is 54.0 Å². The second-order valence-corrected chi connectivity index (χ2v) is 11.3. The van der Waals surface area contributed by atoms with Gasteiger partial charge in [-0.1, -0.05) is 87.0 Å². The number of likely N-dealkylation sites (N-methyl/N-ethyl adjacent to an activating group) is 1. The van der Waals surface area contributed by atoms with Crippen molar-refractivity contribution in [3.8, 4) is 5.75 Å². The molecule has 3 atom stereocenters. The molecule has 0 radical (unpaired) electrons. The number of carbonyl (C=O) groups excluding carboxylic acids is 6. The van der Waals surface area contributed by atoms with Gasteiger partial charge in [0.25, 0.3) is 11.8 Å². The molecule has 1 aromatic rings. The van der Waals surface area contributed by atoms with Gasteiger partial charge in [-0.05, 0) is 63.1 Å². The molecule has 1 saturated heterocycles. The van der Waals surface area contributed by atoms with Gasteiger partial charge in [0.1, 0.15) is 5.75 Å². The zero-order valence-corrected chi connectivity index (χ0v) is 33.2. The van der Waals surface area contributed by atoms with Crippen molar-refractivity contribution in [1.82, 2.24) is 15.1 Å². The first-order chi connectivity index (χ1) is 25.8. The Balaban J connectivity index is -0.000000608. The predicted molar refractivity (Wildman–Crippen MR) is 208 cm³/mol. The molecule has 2 aliphatic heterocycles. The van der Waals surface area contributed by atoms with Gasteiger partial charge in [0.15, 0.2) is 0 Å². The van der Waals surface area contributed by atoms with Crippen LogP contribution in [-0.2, 0) is 28.8 Å². The summed E-state index contributed by atoms with van der Waals surface area (Å²) in [4.78, 5) is 70.6. The number of rotatable bonds is 8. The number of carbonyl (C=O) groups is 6. The van der Waals surface area contributed by atoms with E-state index in [1.165, 1.54) is 55.7 Å². The molecule has 0 aromatic heterocycles. The number of imide groups is 2. The van der Waals surface area contributed by atoms with Gasteiger partial charge in [0, 0.05) is 68.9 Å². The zero-order valence-electron chi connectivity index (χ0n) is 33.2. The van der Waals surface area contributed by atoms with E-state index < -0.39 is 0 Å². The number of hydrogen-bond acceptors (Lipinski definition) is 10. The molecule has 3 aliphatic rings. The fourth-order valence-electron chi connectivity index (χ4n) is 4.91. The van der Waals surface area contributed by atoms with E-state index in [-0.39, 0.29) is 53.3 Å². The van der Waals surface area contributed by atoms with E-state index in [9.17, 15) is 28.8 Å². The first-order valence-corrected chi connectivity index (χ1v) is 17.6. The van der Waals surface area contributed by atoms with Gasteiger partial charge >= 0.3 is 5.97 Å². The van der Waals surface area contributed by atoms with Crippen molar-refractivity contribution in [3.05, 3.63) is 89.4 Å². The summed E-state index contributed by atoms with van der Waals surface area (Å²) in [5.74, 6) is 0.181. The standard InChI is InChI=1S/C13H19NO2.C9H10O2.C7H12.C6H7NO2.C3H7NO.CH3N3.N2/c1-3-6-9-7-5-8-10-11(9)13(16)14(4-2)12(10)15;1-7-5-3-4-6-9(7)11-8(2)10;1-3-5-7-6-4-2;1-2-7-5(8)3-4-6(7)9;1-3(5)4-2;1-3-4-2;1-2/h5,7,9-11H,3-4,6,8H2,1-2H3;3-6H,1-2H3;3,5,7H,1,4,6H2,2H3;3-4H,2H2,1H3;1-2H3,(H,4,5);1H3;/b;;7-5+;;;;. The molecular formula is C39H58N8O7. The second-order valence-electron chi connectivity index (χ2n) is 11.3. The van der Waals surface area contributed by atoms with Crippen molar-refractivity contribution in [2.45, 2.75) is 80.6 Å². The number of esters is 1. The van der Waals surface area contributed by atoms with Crippen LogP contribution in [0.2, 0.25) is 0 Å². The lowest BCUT2D eigenvalue weighted by atomic mass is 9.75. The topological polar surface area (TPSA) is 226 Å². The largest absolute Gasteiger partial charge is 0.426 e. The minimum absolute atomic E-state index is 0.00463. The average molecular weight is 751 g/mol. The number of benzene rings is 1. The molecule has 296 valence electrons. The molecule has 1 fully saturated rings. The average Bonchev–Trinajstić information content (AvgIpc) is 3.63. The van der Waals surface area contributed by atoms with Crippen LogP contribution in [0.1, 0.15) is 79.2 Å². The first-order valence-electron chi connectivity index (χ1n) is 17.6. The molecule has 15 heteroatoms. The minimum atomic E-state index is -0.278. The highest BCUT2D eigenvalue weighted by molar-refractivity contribution is 6.12. The van der Waals surface area contributed by atoms with Crippen LogP contribution in [0.5, 0.6) is 5.75 Å². The van der Waals surface area contributed by atoms with Crippen LogP contribution in [-0.4, -0.2) is 72.5 Å². The maximum atomic E-state index is 12.1. The summed E-state index contributed by atoms with van der Waals surface area (Å²) < 4.78 is 4.91. The molecule has 1 aliphatic carbocycles. The number of nitrogens with one attached hydrogen (secondary N) is 1. The van der Waals surface area contributed by atoms with Gasteiger partial charge in [0.2, 0.25) is 17.7 Å². The Labute approximate surface area is 320 Å². The number of hydrogen-bond donors (Lipinski definition) is 1. The molecule has 0 saturated carbocycles. The molecule has 54 heavy (non-hydrogen) atoms. The summed E-state index contributed by atoms with van der Waals surface area (Å²) in [7, 11) is 2.99. The molecule has 0 spiro atoms. The Bertz CT molecular complexity index is 1480. The van der Waals surface area contributed by atoms with Crippen LogP contribution in [0.4, 0.5) is 0 Å². The number of ether oxygens (including phenoxy) is 1. The summed E-state index contributed by atoms with van der Waals surface area (Å²) in [6, 6.07) is 7.42. The SMILES string of the molecule is C=C/C=C/CCC.CC(=O)Oc1ccccc1C.CCCC1C=CCC2C(=O)N(CC)C(=O)C12.CCN1C(=O)C=CC1=O.CN=[N+]=[N-].CNC(C)=O.N#N. The summed E-state index contributed by atoms with van der Waals surface area (Å²) in [5, 5.41) is 17.3. The quantitative estimate of drug-likeness (QED) is 0.0329. The number of azide groups is 1. The summed E-state index contributed by atoms with van der Waals surface area (Å²) in [5.41, 5.74) is 8.31. The Kier molecular flexibility index (Phi) is 32.1. The van der Waals surface area contributed by atoms with Crippen molar-refractivity contribution in [2.75, 3.05) is 27.2 Å². The third-order valence-corrected chi connectivity index (χ3v) is 7.47. The van der Waals surface area contributed by atoms with Crippen LogP contribution < -0.4 is 10.1 Å². The zero-order chi connectivity index (χ0) is 42.1. The molecule has 1 N–H and O–H groups in total. The molecule has 4 rings (SSSR count). The number of para-hydroxylation sites is 1. The number of unbranched alkanes of at least 4 members (excludes halogenated alkanes) is 1. The van der Waals surface area contributed by atoms with Crippen LogP contribution in [0, 0.1) is 35.5 Å². The number of allylic oxidation sites excluding steroid dienone is 5. The van der Waals surface area contributed by atoms with Crippen molar-refractivity contribution in [2.24, 2.45) is 22.9 Å². The molecule has 1 aromatic carbocycles. The summed E-state index contributed by atoms with van der Waals surface area (Å²) in [6.07, 6.45) is 17.9. The fourth-order valence-corrected chi connectivity index (χ4v) is 4.91. The van der Waals surface area contributed by atoms with Gasteiger partial charge in [-0.3, -0.25) is 38.6 Å². The van der Waals surface area contributed by atoms with Crippen LogP contribution >= 0.6 is 0 Å². The van der Waals surface area contributed by atoms with E-state index in [4.69, 9.17) is 21.1 Å².